The van der Waals surface area contributed by atoms with Crippen molar-refractivity contribution in [1.82, 2.24) is 4.57 Å². The third-order valence-electron chi connectivity index (χ3n) is 5.72. The Balaban J connectivity index is 2.19. The van der Waals surface area contributed by atoms with Gasteiger partial charge in [0.25, 0.3) is 0 Å². The second-order valence-corrected chi connectivity index (χ2v) is 8.20. The maximum absolute atomic E-state index is 12.1. The zero-order chi connectivity index (χ0) is 25.2. The Morgan fingerprint density at radius 3 is 2.00 bits per heavy atom. The fourth-order valence-corrected chi connectivity index (χ4v) is 4.37. The van der Waals surface area contributed by atoms with Gasteiger partial charge in [-0.15, -0.1) is 0 Å². The van der Waals surface area contributed by atoms with E-state index in [1.807, 2.05) is 42.8 Å². The number of rotatable bonds is 6. The molecule has 1 aliphatic rings. The maximum Gasteiger partial charge on any atom is 0.303 e. The Morgan fingerprint density at radius 1 is 0.853 bits per heavy atom. The number of aromatic nitrogens is 1. The van der Waals surface area contributed by atoms with Crippen molar-refractivity contribution in [2.45, 2.75) is 65.1 Å². The van der Waals surface area contributed by atoms with Crippen LogP contribution in [0.15, 0.2) is 24.3 Å². The summed E-state index contributed by atoms with van der Waals surface area (Å²) in [6.45, 7) is 6.48. The lowest BCUT2D eigenvalue weighted by Gasteiger charge is -2.44. The van der Waals surface area contributed by atoms with Crippen molar-refractivity contribution in [2.75, 3.05) is 6.61 Å². The van der Waals surface area contributed by atoms with Gasteiger partial charge in [-0.3, -0.25) is 19.2 Å². The number of ether oxygens (including phenoxy) is 5. The van der Waals surface area contributed by atoms with Crippen LogP contribution in [-0.2, 0) is 49.9 Å². The molecule has 1 fully saturated rings. The maximum atomic E-state index is 12.1. The molecule has 10 heteroatoms. The van der Waals surface area contributed by atoms with E-state index in [1.165, 1.54) is 27.7 Å². The van der Waals surface area contributed by atoms with Gasteiger partial charge in [0.05, 0.1) is 0 Å². The van der Waals surface area contributed by atoms with Crippen LogP contribution in [0.3, 0.4) is 0 Å². The van der Waals surface area contributed by atoms with Gasteiger partial charge in [-0.05, 0) is 13.0 Å². The lowest BCUT2D eigenvalue weighted by atomic mass is 9.89. The van der Waals surface area contributed by atoms with Gasteiger partial charge < -0.3 is 28.3 Å². The molecule has 3 rings (SSSR count). The molecule has 0 bridgehead atoms. The third-order valence-corrected chi connectivity index (χ3v) is 5.72. The van der Waals surface area contributed by atoms with Gasteiger partial charge >= 0.3 is 23.9 Å². The van der Waals surface area contributed by atoms with Crippen molar-refractivity contribution in [3.8, 4) is 0 Å². The highest BCUT2D eigenvalue weighted by atomic mass is 16.7. The summed E-state index contributed by atoms with van der Waals surface area (Å²) >= 11 is 0. The highest BCUT2D eigenvalue weighted by molar-refractivity contribution is 5.86. The molecule has 34 heavy (non-hydrogen) atoms. The van der Waals surface area contributed by atoms with E-state index in [4.69, 9.17) is 23.7 Å². The van der Waals surface area contributed by atoms with Crippen molar-refractivity contribution < 1.29 is 42.9 Å². The van der Waals surface area contributed by atoms with Crippen LogP contribution < -0.4 is 0 Å². The molecule has 1 aliphatic heterocycles. The predicted molar refractivity (Wildman–Crippen MR) is 119 cm³/mol. The van der Waals surface area contributed by atoms with Crippen LogP contribution in [0.2, 0.25) is 0 Å². The Kier molecular flexibility index (Phi) is 7.61. The van der Waals surface area contributed by atoms with E-state index in [-0.39, 0.29) is 6.61 Å². The minimum absolute atomic E-state index is 0.266. The topological polar surface area (TPSA) is 119 Å². The second kappa shape index (κ2) is 10.3. The Labute approximate surface area is 197 Å². The molecule has 0 unspecified atom stereocenters. The first-order chi connectivity index (χ1) is 16.0. The lowest BCUT2D eigenvalue weighted by molar-refractivity contribution is -0.254. The summed E-state index contributed by atoms with van der Waals surface area (Å²) in [5.41, 5.74) is 2.47. The summed E-state index contributed by atoms with van der Waals surface area (Å²) in [5, 5.41) is 0.850. The zero-order valence-electron chi connectivity index (χ0n) is 20.0. The average Bonchev–Trinajstić information content (AvgIpc) is 2.99. The molecule has 184 valence electrons. The molecule has 0 radical (unpaired) electrons. The fourth-order valence-electron chi connectivity index (χ4n) is 4.37. The summed E-state index contributed by atoms with van der Waals surface area (Å²) in [6.07, 6.45) is -5.43. The molecular weight excluding hydrogens is 446 g/mol. The Bertz CT molecular complexity index is 1110. The summed E-state index contributed by atoms with van der Waals surface area (Å²) in [7, 11) is 1.90. The molecule has 1 aromatic heterocycles. The highest BCUT2D eigenvalue weighted by Gasteiger charge is 2.53. The Hall–Kier alpha value is -3.40. The van der Waals surface area contributed by atoms with Gasteiger partial charge in [0.15, 0.2) is 18.3 Å². The number of fused-ring (bicyclic) bond motifs is 1. The molecule has 0 amide bonds. The highest BCUT2D eigenvalue weighted by Crippen LogP contribution is 2.42. The molecule has 1 saturated heterocycles. The first kappa shape index (κ1) is 25.2. The quantitative estimate of drug-likeness (QED) is 0.458. The number of benzene rings is 1. The van der Waals surface area contributed by atoms with Crippen LogP contribution in [0, 0.1) is 6.92 Å². The van der Waals surface area contributed by atoms with Gasteiger partial charge in [-0.1, -0.05) is 18.2 Å². The summed E-state index contributed by atoms with van der Waals surface area (Å²) in [4.78, 5) is 47.6. The number of hydrogen-bond donors (Lipinski definition) is 0. The molecule has 10 nitrogen and oxygen atoms in total. The minimum Gasteiger partial charge on any atom is -0.463 e. The molecule has 0 aliphatic carbocycles. The van der Waals surface area contributed by atoms with Crippen LogP contribution in [0.4, 0.5) is 0 Å². The smallest absolute Gasteiger partial charge is 0.303 e. The summed E-state index contributed by atoms with van der Waals surface area (Å²) in [5.74, 6) is -2.52. The fraction of sp³-hybridized carbons (Fsp3) is 0.500. The summed E-state index contributed by atoms with van der Waals surface area (Å²) < 4.78 is 30.1. The van der Waals surface area contributed by atoms with Crippen LogP contribution in [-0.4, -0.2) is 59.5 Å². The molecule has 2 aromatic rings. The number of carbonyl (C=O) groups is 4. The van der Waals surface area contributed by atoms with Gasteiger partial charge in [0.2, 0.25) is 0 Å². The van der Waals surface area contributed by atoms with E-state index < -0.39 is 54.4 Å². The number of aryl methyl sites for hydroxylation is 1. The number of para-hydroxylation sites is 1. The average molecular weight is 475 g/mol. The van der Waals surface area contributed by atoms with Crippen LogP contribution in [0.25, 0.3) is 10.9 Å². The van der Waals surface area contributed by atoms with Crippen molar-refractivity contribution in [3.63, 3.8) is 0 Å². The van der Waals surface area contributed by atoms with Crippen LogP contribution in [0.1, 0.15) is 45.1 Å². The minimum atomic E-state index is -1.21. The normalized spacial score (nSPS) is 24.4. The monoisotopic (exact) mass is 475 g/mol. The molecular formula is C24H29NO9. The largest absolute Gasteiger partial charge is 0.463 e. The zero-order valence-corrected chi connectivity index (χ0v) is 20.0. The van der Waals surface area contributed by atoms with Crippen molar-refractivity contribution in [1.29, 1.82) is 0 Å². The predicted octanol–water partition coefficient (Wildman–Crippen LogP) is 2.28. The molecule has 5 atom stereocenters. The van der Waals surface area contributed by atoms with E-state index in [9.17, 15) is 19.2 Å². The van der Waals surface area contributed by atoms with Gasteiger partial charge in [0.1, 0.15) is 18.8 Å². The first-order valence-electron chi connectivity index (χ1n) is 10.9. The standard InChI is InChI=1S/C24H29NO9/c1-12-20(17-9-7-8-10-18(17)25(12)6)22-24(33-16(5)29)23(32-15(4)28)21(31-14(3)27)19(34-22)11-30-13(2)26/h7-10,19,21-24H,11H2,1-6H3/t19-,21-,22+,23+,24+/m1/s1. The van der Waals surface area contributed by atoms with Crippen molar-refractivity contribution >= 4 is 34.8 Å². The molecule has 0 N–H and O–H groups in total. The Morgan fingerprint density at radius 2 is 1.41 bits per heavy atom. The van der Waals surface area contributed by atoms with E-state index >= 15 is 0 Å². The number of hydrogen-bond acceptors (Lipinski definition) is 9. The van der Waals surface area contributed by atoms with Gasteiger partial charge in [-0.25, -0.2) is 0 Å². The van der Waals surface area contributed by atoms with Crippen molar-refractivity contribution in [2.24, 2.45) is 7.05 Å². The van der Waals surface area contributed by atoms with Crippen molar-refractivity contribution in [3.05, 3.63) is 35.5 Å². The molecule has 0 saturated carbocycles. The molecule has 2 heterocycles. The number of esters is 4. The van der Waals surface area contributed by atoms with Crippen LogP contribution in [0.5, 0.6) is 0 Å². The second-order valence-electron chi connectivity index (χ2n) is 8.20. The lowest BCUT2D eigenvalue weighted by Crippen LogP contribution is -2.59. The SMILES string of the molecule is CC(=O)OC[C@H]1O[C@@H](c2c(C)n(C)c3ccccc23)[C@H](OC(C)=O)[C@@H](OC(C)=O)[C@@H]1OC(C)=O. The number of carbonyl (C=O) groups excluding carboxylic acids is 4. The number of nitrogens with zero attached hydrogens (tertiary/aromatic N) is 1. The van der Waals surface area contributed by atoms with Gasteiger partial charge in [0, 0.05) is 56.9 Å². The first-order valence-corrected chi connectivity index (χ1v) is 10.9. The van der Waals surface area contributed by atoms with E-state index in [0.717, 1.165) is 22.2 Å². The van der Waals surface area contributed by atoms with E-state index in [2.05, 4.69) is 0 Å². The van der Waals surface area contributed by atoms with E-state index in [1.54, 1.807) is 0 Å². The molecule has 0 spiro atoms. The third kappa shape index (κ3) is 5.22. The van der Waals surface area contributed by atoms with E-state index in [0.29, 0.717) is 0 Å². The van der Waals surface area contributed by atoms with Crippen LogP contribution >= 0.6 is 0 Å². The summed E-state index contributed by atoms with van der Waals surface area (Å²) in [6, 6.07) is 7.62. The van der Waals surface area contributed by atoms with Gasteiger partial charge in [-0.2, -0.15) is 0 Å². The molecule has 1 aromatic carbocycles.